The second-order valence-electron chi connectivity index (χ2n) is 8.44. The molecule has 2 aromatic carbocycles. The molecule has 0 unspecified atom stereocenters. The van der Waals surface area contributed by atoms with Gasteiger partial charge >= 0.3 is 5.63 Å². The minimum absolute atomic E-state index is 0.326. The summed E-state index contributed by atoms with van der Waals surface area (Å²) in [6.45, 7) is 8.99. The summed E-state index contributed by atoms with van der Waals surface area (Å²) in [6.07, 6.45) is 0. The molecule has 1 aromatic heterocycles. The minimum Gasteiger partial charge on any atom is -0.423 e. The summed E-state index contributed by atoms with van der Waals surface area (Å²) in [5.41, 5.74) is 3.52. The number of piperazine rings is 1. The van der Waals surface area contributed by atoms with Crippen LogP contribution in [0.2, 0.25) is 0 Å². The lowest BCUT2D eigenvalue weighted by Crippen LogP contribution is -2.48. The van der Waals surface area contributed by atoms with E-state index >= 15 is 0 Å². The molecule has 6 nitrogen and oxygen atoms in total. The summed E-state index contributed by atoms with van der Waals surface area (Å²) in [5, 5.41) is 0.952. The molecule has 0 spiro atoms. The van der Waals surface area contributed by atoms with Crippen LogP contribution in [0.25, 0.3) is 11.0 Å². The van der Waals surface area contributed by atoms with Crippen molar-refractivity contribution in [3.8, 4) is 0 Å². The summed E-state index contributed by atoms with van der Waals surface area (Å²) in [7, 11) is -3.48. The molecule has 4 rings (SSSR count). The number of aryl methyl sites for hydroxylation is 1. The van der Waals surface area contributed by atoms with Crippen molar-refractivity contribution < 1.29 is 12.8 Å². The highest BCUT2D eigenvalue weighted by atomic mass is 32.2. The highest BCUT2D eigenvalue weighted by molar-refractivity contribution is 7.89. The Hall–Kier alpha value is -2.48. The van der Waals surface area contributed by atoms with Gasteiger partial charge in [0.2, 0.25) is 10.0 Å². The van der Waals surface area contributed by atoms with Crippen LogP contribution in [0, 0.1) is 6.92 Å². The van der Waals surface area contributed by atoms with Crippen LogP contribution >= 0.6 is 0 Å². The van der Waals surface area contributed by atoms with Gasteiger partial charge in [-0.15, -0.1) is 0 Å². The smallest absolute Gasteiger partial charge is 0.336 e. The van der Waals surface area contributed by atoms with E-state index in [1.807, 2.05) is 19.1 Å². The van der Waals surface area contributed by atoms with Gasteiger partial charge in [-0.05, 0) is 53.8 Å². The van der Waals surface area contributed by atoms with E-state index in [0.29, 0.717) is 49.1 Å². The van der Waals surface area contributed by atoms with Crippen molar-refractivity contribution in [2.24, 2.45) is 0 Å². The Morgan fingerprint density at radius 1 is 1.00 bits per heavy atom. The topological polar surface area (TPSA) is 70.8 Å². The Morgan fingerprint density at radius 3 is 2.32 bits per heavy atom. The third-order valence-corrected chi connectivity index (χ3v) is 7.86. The SMILES string of the molecule is Cc1cc2oc(=O)cc(CN3CCN(S(=O)(=O)c4ccccc4)CC3)c2cc1C(C)C. The van der Waals surface area contributed by atoms with Gasteiger partial charge in [0.05, 0.1) is 4.90 Å². The second kappa shape index (κ2) is 8.57. The first kappa shape index (κ1) is 21.7. The normalized spacial score (nSPS) is 16.3. The van der Waals surface area contributed by atoms with Crippen LogP contribution in [0.15, 0.2) is 62.6 Å². The molecule has 2 heterocycles. The monoisotopic (exact) mass is 440 g/mol. The van der Waals surface area contributed by atoms with Crippen molar-refractivity contribution in [3.63, 3.8) is 0 Å². The van der Waals surface area contributed by atoms with Gasteiger partial charge in [-0.3, -0.25) is 4.90 Å². The maximum absolute atomic E-state index is 12.9. The number of hydrogen-bond acceptors (Lipinski definition) is 5. The summed E-state index contributed by atoms with van der Waals surface area (Å²) in [6, 6.07) is 14.2. The third-order valence-electron chi connectivity index (χ3n) is 5.95. The van der Waals surface area contributed by atoms with Gasteiger partial charge in [-0.25, -0.2) is 13.2 Å². The zero-order valence-electron chi connectivity index (χ0n) is 18.2. The molecular weight excluding hydrogens is 412 g/mol. The van der Waals surface area contributed by atoms with E-state index in [4.69, 9.17) is 4.42 Å². The van der Waals surface area contributed by atoms with Crippen molar-refractivity contribution in [1.82, 2.24) is 9.21 Å². The zero-order valence-corrected chi connectivity index (χ0v) is 19.0. The van der Waals surface area contributed by atoms with E-state index in [-0.39, 0.29) is 5.63 Å². The number of benzene rings is 2. The Labute approximate surface area is 183 Å². The summed E-state index contributed by atoms with van der Waals surface area (Å²) in [5.74, 6) is 0.371. The van der Waals surface area contributed by atoms with Gasteiger partial charge in [0.15, 0.2) is 0 Å². The fraction of sp³-hybridized carbons (Fsp3) is 0.375. The van der Waals surface area contributed by atoms with Crippen LogP contribution in [-0.4, -0.2) is 43.8 Å². The molecule has 31 heavy (non-hydrogen) atoms. The summed E-state index contributed by atoms with van der Waals surface area (Å²) < 4.78 is 32.7. The zero-order chi connectivity index (χ0) is 22.2. The van der Waals surface area contributed by atoms with E-state index in [0.717, 1.165) is 16.5 Å². The average Bonchev–Trinajstić information content (AvgIpc) is 2.74. The average molecular weight is 441 g/mol. The molecule has 0 aliphatic carbocycles. The molecule has 0 bridgehead atoms. The fourth-order valence-electron chi connectivity index (χ4n) is 4.25. The highest BCUT2D eigenvalue weighted by Crippen LogP contribution is 2.28. The highest BCUT2D eigenvalue weighted by Gasteiger charge is 2.28. The van der Waals surface area contributed by atoms with Gasteiger partial charge in [0.25, 0.3) is 0 Å². The molecule has 0 radical (unpaired) electrons. The molecule has 0 amide bonds. The van der Waals surface area contributed by atoms with E-state index in [1.54, 1.807) is 30.3 Å². The van der Waals surface area contributed by atoms with E-state index in [9.17, 15) is 13.2 Å². The second-order valence-corrected chi connectivity index (χ2v) is 10.4. The Bertz CT molecular complexity index is 1240. The van der Waals surface area contributed by atoms with Gasteiger partial charge in [0.1, 0.15) is 5.58 Å². The number of rotatable bonds is 5. The van der Waals surface area contributed by atoms with E-state index in [1.165, 1.54) is 9.87 Å². The molecule has 3 aromatic rings. The lowest BCUT2D eigenvalue weighted by atomic mass is 9.95. The fourth-order valence-corrected chi connectivity index (χ4v) is 5.70. The number of hydrogen-bond donors (Lipinski definition) is 0. The standard InChI is InChI=1S/C24H28N2O4S/c1-17(2)21-15-22-19(14-24(27)30-23(22)13-18(21)3)16-25-9-11-26(12-10-25)31(28,29)20-7-5-4-6-8-20/h4-8,13-15,17H,9-12,16H2,1-3H3. The number of nitrogens with zero attached hydrogens (tertiary/aromatic N) is 2. The van der Waals surface area contributed by atoms with Crippen LogP contribution in [0.3, 0.4) is 0 Å². The quantitative estimate of drug-likeness (QED) is 0.566. The van der Waals surface area contributed by atoms with Gasteiger partial charge in [-0.2, -0.15) is 4.31 Å². The molecule has 1 aliphatic heterocycles. The van der Waals surface area contributed by atoms with Crippen LogP contribution in [0.1, 0.15) is 36.5 Å². The van der Waals surface area contributed by atoms with E-state index < -0.39 is 10.0 Å². The van der Waals surface area contributed by atoms with Crippen LogP contribution in [-0.2, 0) is 16.6 Å². The Morgan fingerprint density at radius 2 is 1.68 bits per heavy atom. The largest absolute Gasteiger partial charge is 0.423 e. The molecule has 7 heteroatoms. The lowest BCUT2D eigenvalue weighted by Gasteiger charge is -2.34. The molecule has 1 aliphatic rings. The molecule has 1 saturated heterocycles. The predicted octanol–water partition coefficient (Wildman–Crippen LogP) is 3.73. The molecular formula is C24H28N2O4S. The number of sulfonamides is 1. The molecule has 0 atom stereocenters. The van der Waals surface area contributed by atoms with Gasteiger partial charge < -0.3 is 4.42 Å². The first-order valence-electron chi connectivity index (χ1n) is 10.6. The predicted molar refractivity (Wildman–Crippen MR) is 122 cm³/mol. The summed E-state index contributed by atoms with van der Waals surface area (Å²) in [4.78, 5) is 14.7. The molecule has 1 fully saturated rings. The van der Waals surface area contributed by atoms with Crippen LogP contribution < -0.4 is 5.63 Å². The van der Waals surface area contributed by atoms with Gasteiger partial charge in [-0.1, -0.05) is 32.0 Å². The van der Waals surface area contributed by atoms with Crippen molar-refractivity contribution in [3.05, 3.63) is 75.6 Å². The van der Waals surface area contributed by atoms with Crippen molar-refractivity contribution in [2.45, 2.75) is 38.1 Å². The Balaban J connectivity index is 1.55. The van der Waals surface area contributed by atoms with E-state index in [2.05, 4.69) is 24.8 Å². The minimum atomic E-state index is -3.48. The molecule has 164 valence electrons. The number of fused-ring (bicyclic) bond motifs is 1. The molecule has 0 saturated carbocycles. The van der Waals surface area contributed by atoms with Crippen molar-refractivity contribution >= 4 is 21.0 Å². The van der Waals surface area contributed by atoms with Crippen molar-refractivity contribution in [1.29, 1.82) is 0 Å². The molecule has 0 N–H and O–H groups in total. The first-order valence-corrected chi connectivity index (χ1v) is 12.0. The third kappa shape index (κ3) is 4.44. The van der Waals surface area contributed by atoms with Crippen molar-refractivity contribution in [2.75, 3.05) is 26.2 Å². The maximum Gasteiger partial charge on any atom is 0.336 e. The van der Waals surface area contributed by atoms with Crippen LogP contribution in [0.4, 0.5) is 0 Å². The Kier molecular flexibility index (Phi) is 6.01. The maximum atomic E-state index is 12.9. The lowest BCUT2D eigenvalue weighted by molar-refractivity contribution is 0.182. The van der Waals surface area contributed by atoms with Gasteiger partial charge in [0, 0.05) is 44.2 Å². The summed E-state index contributed by atoms with van der Waals surface area (Å²) >= 11 is 0. The van der Waals surface area contributed by atoms with Crippen LogP contribution in [0.5, 0.6) is 0 Å². The first-order chi connectivity index (χ1) is 14.8.